The monoisotopic (exact) mass is 627 g/mol. The van der Waals surface area contributed by atoms with Crippen LogP contribution < -0.4 is 5.32 Å². The van der Waals surface area contributed by atoms with E-state index in [1.807, 2.05) is 12.1 Å². The van der Waals surface area contributed by atoms with Crippen molar-refractivity contribution < 1.29 is 42.8 Å². The van der Waals surface area contributed by atoms with E-state index in [9.17, 15) is 14.4 Å². The number of benzene rings is 1. The summed E-state index contributed by atoms with van der Waals surface area (Å²) in [5.74, 6) is 0.394. The Labute approximate surface area is 266 Å². The van der Waals surface area contributed by atoms with Crippen molar-refractivity contribution in [3.63, 3.8) is 0 Å². The number of hydrogen-bond acceptors (Lipinski definition) is 9. The molecule has 3 saturated carbocycles. The molecule has 0 aromatic heterocycles. The molecule has 45 heavy (non-hydrogen) atoms. The van der Waals surface area contributed by atoms with Gasteiger partial charge in [0.2, 0.25) is 0 Å². The lowest BCUT2D eigenvalue weighted by Gasteiger charge is -2.61. The van der Waals surface area contributed by atoms with Crippen molar-refractivity contribution in [2.24, 2.45) is 40.4 Å². The smallest absolute Gasteiger partial charge is 0.458 e. The number of amides is 1. The van der Waals surface area contributed by atoms with Crippen LogP contribution in [0.3, 0.4) is 0 Å². The Morgan fingerprint density at radius 1 is 0.933 bits per heavy atom. The van der Waals surface area contributed by atoms with E-state index in [1.165, 1.54) is 7.11 Å². The predicted octanol–water partition coefficient (Wildman–Crippen LogP) is 6.14. The maximum absolute atomic E-state index is 13.1. The van der Waals surface area contributed by atoms with Crippen LogP contribution >= 0.6 is 0 Å². The minimum Gasteiger partial charge on any atom is -0.458 e. The first-order chi connectivity index (χ1) is 21.5. The number of rotatable bonds is 8. The number of carbonyl (C=O) groups excluding carboxylic acids is 3. The summed E-state index contributed by atoms with van der Waals surface area (Å²) >= 11 is 0. The molecule has 1 N–H and O–H groups in total. The van der Waals surface area contributed by atoms with Gasteiger partial charge in [0.15, 0.2) is 6.29 Å². The molecule has 3 fully saturated rings. The molecule has 248 valence electrons. The minimum absolute atomic E-state index is 0.0171. The second kappa shape index (κ2) is 13.3. The van der Waals surface area contributed by atoms with Crippen LogP contribution in [0.15, 0.2) is 42.0 Å². The number of hydrogen-bond donors (Lipinski definition) is 1. The average molecular weight is 628 g/mol. The van der Waals surface area contributed by atoms with E-state index in [2.05, 4.69) is 26.1 Å². The Balaban J connectivity index is 1.53. The first-order valence-electron chi connectivity index (χ1n) is 16.2. The largest absolute Gasteiger partial charge is 0.508 e. The molecule has 1 aromatic rings. The van der Waals surface area contributed by atoms with E-state index in [0.29, 0.717) is 24.3 Å². The SMILES string of the molecule is CNC(=O)OC1CC(OC(=O)c2ccccc2)CC2=CC(OC(=O)OC)[C@H]3[C@@H]4CC[C@H](C(C)C(OC)OC)[C@@]4(C)CC[C@@H]3[C@]21C. The quantitative estimate of drug-likeness (QED) is 0.157. The normalized spacial score (nSPS) is 36.0. The van der Waals surface area contributed by atoms with Crippen LogP contribution in [0.2, 0.25) is 0 Å². The van der Waals surface area contributed by atoms with E-state index in [1.54, 1.807) is 45.5 Å². The van der Waals surface area contributed by atoms with Crippen molar-refractivity contribution in [3.05, 3.63) is 47.5 Å². The van der Waals surface area contributed by atoms with E-state index in [4.69, 9.17) is 28.4 Å². The lowest BCUT2D eigenvalue weighted by atomic mass is 9.45. The van der Waals surface area contributed by atoms with Crippen molar-refractivity contribution in [2.75, 3.05) is 28.4 Å². The van der Waals surface area contributed by atoms with Crippen molar-refractivity contribution in [1.82, 2.24) is 5.32 Å². The summed E-state index contributed by atoms with van der Waals surface area (Å²) in [5, 5.41) is 2.61. The summed E-state index contributed by atoms with van der Waals surface area (Å²) in [6.45, 7) is 6.76. The molecule has 10 atom stereocenters. The third-order valence-corrected chi connectivity index (χ3v) is 11.9. The summed E-state index contributed by atoms with van der Waals surface area (Å²) in [7, 11) is 6.23. The molecular formula is C35H49NO9. The molecule has 4 unspecified atom stereocenters. The van der Waals surface area contributed by atoms with Gasteiger partial charge in [0.05, 0.1) is 12.7 Å². The Hall–Kier alpha value is -3.11. The highest BCUT2D eigenvalue weighted by Gasteiger charge is 2.65. The highest BCUT2D eigenvalue weighted by molar-refractivity contribution is 5.89. The molecule has 1 aromatic carbocycles. The molecule has 0 saturated heterocycles. The van der Waals surface area contributed by atoms with Gasteiger partial charge in [0.1, 0.15) is 18.3 Å². The summed E-state index contributed by atoms with van der Waals surface area (Å²) in [4.78, 5) is 38.5. The number of fused-ring (bicyclic) bond motifs is 5. The van der Waals surface area contributed by atoms with Crippen LogP contribution in [-0.2, 0) is 28.4 Å². The second-order valence-corrected chi connectivity index (χ2v) is 13.7. The van der Waals surface area contributed by atoms with Crippen molar-refractivity contribution in [3.8, 4) is 0 Å². The van der Waals surface area contributed by atoms with Gasteiger partial charge in [-0.05, 0) is 67.1 Å². The van der Waals surface area contributed by atoms with Crippen LogP contribution in [0.1, 0.15) is 69.7 Å². The molecule has 4 aliphatic carbocycles. The summed E-state index contributed by atoms with van der Waals surface area (Å²) < 4.78 is 34.6. The summed E-state index contributed by atoms with van der Waals surface area (Å²) in [5.41, 5.74) is 0.860. The third-order valence-electron chi connectivity index (χ3n) is 11.9. The average Bonchev–Trinajstić information content (AvgIpc) is 3.39. The van der Waals surface area contributed by atoms with Gasteiger partial charge in [0.25, 0.3) is 0 Å². The van der Waals surface area contributed by atoms with Crippen LogP contribution in [0.4, 0.5) is 9.59 Å². The van der Waals surface area contributed by atoms with Gasteiger partial charge in [-0.25, -0.2) is 14.4 Å². The Morgan fingerprint density at radius 3 is 2.29 bits per heavy atom. The van der Waals surface area contributed by atoms with Gasteiger partial charge in [-0.2, -0.15) is 0 Å². The summed E-state index contributed by atoms with van der Waals surface area (Å²) in [6, 6.07) is 8.86. The highest BCUT2D eigenvalue weighted by atomic mass is 16.7. The number of carbonyl (C=O) groups is 3. The second-order valence-electron chi connectivity index (χ2n) is 13.7. The van der Waals surface area contributed by atoms with Gasteiger partial charge in [0, 0.05) is 51.4 Å². The van der Waals surface area contributed by atoms with Gasteiger partial charge in [-0.1, -0.05) is 44.5 Å². The first-order valence-corrected chi connectivity index (χ1v) is 16.2. The van der Waals surface area contributed by atoms with Gasteiger partial charge in [-0.15, -0.1) is 0 Å². The lowest BCUT2D eigenvalue weighted by molar-refractivity contribution is -0.170. The number of ether oxygens (including phenoxy) is 6. The van der Waals surface area contributed by atoms with E-state index >= 15 is 0 Å². The molecule has 0 aliphatic heterocycles. The number of nitrogens with one attached hydrogen (secondary N) is 1. The third kappa shape index (κ3) is 5.96. The van der Waals surface area contributed by atoms with Crippen LogP contribution in [0, 0.1) is 40.4 Å². The topological polar surface area (TPSA) is 119 Å². The van der Waals surface area contributed by atoms with Crippen LogP contribution in [-0.4, -0.2) is 71.2 Å². The zero-order valence-corrected chi connectivity index (χ0v) is 27.6. The van der Waals surface area contributed by atoms with Crippen molar-refractivity contribution in [1.29, 1.82) is 0 Å². The molecule has 10 heteroatoms. The minimum atomic E-state index is -0.728. The highest BCUT2D eigenvalue weighted by Crippen LogP contribution is 2.68. The predicted molar refractivity (Wildman–Crippen MR) is 165 cm³/mol. The fraction of sp³-hybridized carbons (Fsp3) is 0.686. The number of methoxy groups -OCH3 is 3. The van der Waals surface area contributed by atoms with Crippen LogP contribution in [0.25, 0.3) is 0 Å². The fourth-order valence-electron chi connectivity index (χ4n) is 9.76. The van der Waals surface area contributed by atoms with Gasteiger partial charge in [-0.3, -0.25) is 0 Å². The number of alkyl carbamates (subject to hydrolysis) is 1. The first kappa shape index (κ1) is 33.3. The van der Waals surface area contributed by atoms with E-state index < -0.39 is 41.9 Å². The molecule has 4 aliphatic rings. The van der Waals surface area contributed by atoms with Crippen molar-refractivity contribution in [2.45, 2.75) is 83.9 Å². The van der Waals surface area contributed by atoms with Crippen molar-refractivity contribution >= 4 is 18.2 Å². The summed E-state index contributed by atoms with van der Waals surface area (Å²) in [6.07, 6.45) is 3.53. The molecule has 0 spiro atoms. The molecule has 0 bridgehead atoms. The molecule has 10 nitrogen and oxygen atoms in total. The molecule has 0 radical (unpaired) electrons. The maximum atomic E-state index is 13.1. The molecular weight excluding hydrogens is 578 g/mol. The molecule has 5 rings (SSSR count). The van der Waals surface area contributed by atoms with Gasteiger partial charge < -0.3 is 33.7 Å². The molecule has 1 amide bonds. The standard InChI is InChI=1S/C35H49NO9/c1-20(31(40-5)41-6)24-13-14-25-29-26(15-16-34(24,25)2)35(3)22(18-27(29)44-33(39)42-7)17-23(19-28(35)45-32(38)36-4)43-30(37)21-11-9-8-10-12-21/h8-12,18,20,23-29,31H,13-17,19H2,1-7H3,(H,36,38)/t20?,23?,24-,25+,26+,27?,28?,29+,34-,35+/m1/s1. The van der Waals surface area contributed by atoms with E-state index in [-0.39, 0.29) is 35.4 Å². The Kier molecular flexibility index (Phi) is 9.84. The van der Waals surface area contributed by atoms with E-state index in [0.717, 1.165) is 31.3 Å². The number of esters is 1. The zero-order chi connectivity index (χ0) is 32.5. The van der Waals surface area contributed by atoms with Gasteiger partial charge >= 0.3 is 18.2 Å². The van der Waals surface area contributed by atoms with Crippen LogP contribution in [0.5, 0.6) is 0 Å². The Morgan fingerprint density at radius 2 is 1.64 bits per heavy atom. The maximum Gasteiger partial charge on any atom is 0.508 e. The lowest BCUT2D eigenvalue weighted by Crippen LogP contribution is -2.60. The fourth-order valence-corrected chi connectivity index (χ4v) is 9.76. The molecule has 0 heterocycles. The zero-order valence-electron chi connectivity index (χ0n) is 27.6. The Bertz CT molecular complexity index is 1260.